The van der Waals surface area contributed by atoms with E-state index in [9.17, 15) is 14.9 Å². The molecule has 33 heavy (non-hydrogen) atoms. The molecule has 0 spiro atoms. The van der Waals surface area contributed by atoms with Crippen molar-refractivity contribution in [1.82, 2.24) is 15.1 Å². The van der Waals surface area contributed by atoms with Gasteiger partial charge in [0, 0.05) is 55.2 Å². The highest BCUT2D eigenvalue weighted by Crippen LogP contribution is 2.46. The van der Waals surface area contributed by atoms with Crippen LogP contribution in [0.1, 0.15) is 34.1 Å². The Morgan fingerprint density at radius 1 is 1.12 bits per heavy atom. The molecule has 0 saturated carbocycles. The van der Waals surface area contributed by atoms with Crippen LogP contribution in [0.2, 0.25) is 0 Å². The Hall–Kier alpha value is -3.92. The molecule has 0 radical (unpaired) electrons. The number of hydrogen-bond acceptors (Lipinski definition) is 7. The van der Waals surface area contributed by atoms with Crippen LogP contribution in [0.5, 0.6) is 11.5 Å². The number of aromatic amines is 1. The third-order valence-corrected chi connectivity index (χ3v) is 5.70. The van der Waals surface area contributed by atoms with E-state index in [1.807, 2.05) is 12.1 Å². The molecular formula is C23H24N4O6. The highest BCUT2D eigenvalue weighted by molar-refractivity contribution is 6.00. The number of fused-ring (bicyclic) bond motifs is 1. The van der Waals surface area contributed by atoms with Crippen molar-refractivity contribution >= 4 is 11.6 Å². The largest absolute Gasteiger partial charge is 0.497 e. The Bertz CT molecular complexity index is 1170. The number of nitro benzene ring substituents is 1. The zero-order chi connectivity index (χ0) is 23.5. The fraction of sp³-hybridized carbons (Fsp3) is 0.304. The van der Waals surface area contributed by atoms with Gasteiger partial charge in [-0.2, -0.15) is 5.10 Å². The van der Waals surface area contributed by atoms with E-state index >= 15 is 0 Å². The number of amides is 1. The number of nitrogens with zero attached hydrogens (tertiary/aromatic N) is 3. The van der Waals surface area contributed by atoms with Gasteiger partial charge in [-0.15, -0.1) is 0 Å². The molecule has 2 heterocycles. The van der Waals surface area contributed by atoms with Gasteiger partial charge >= 0.3 is 0 Å². The third-order valence-electron chi connectivity index (χ3n) is 5.70. The average molecular weight is 452 g/mol. The normalized spacial score (nSPS) is 14.9. The number of H-pyrrole nitrogens is 1. The summed E-state index contributed by atoms with van der Waals surface area (Å²) in [5, 5.41) is 18.3. The van der Waals surface area contributed by atoms with Gasteiger partial charge < -0.3 is 19.1 Å². The van der Waals surface area contributed by atoms with Gasteiger partial charge in [-0.05, 0) is 30.7 Å². The summed E-state index contributed by atoms with van der Waals surface area (Å²) in [5.74, 6) is 1.03. The Morgan fingerprint density at radius 3 is 2.52 bits per heavy atom. The summed E-state index contributed by atoms with van der Waals surface area (Å²) in [6.07, 6.45) is 0.655. The molecule has 172 valence electrons. The van der Waals surface area contributed by atoms with Crippen LogP contribution in [-0.4, -0.2) is 60.4 Å². The van der Waals surface area contributed by atoms with Crippen LogP contribution >= 0.6 is 0 Å². The van der Waals surface area contributed by atoms with E-state index in [0.717, 1.165) is 5.56 Å². The number of carbonyl (C=O) groups is 1. The van der Waals surface area contributed by atoms with Crippen LogP contribution in [0.4, 0.5) is 5.69 Å². The van der Waals surface area contributed by atoms with E-state index in [2.05, 4.69) is 10.2 Å². The number of aromatic nitrogens is 2. The molecule has 0 fully saturated rings. The second-order valence-electron chi connectivity index (χ2n) is 7.52. The summed E-state index contributed by atoms with van der Waals surface area (Å²) >= 11 is 0. The first-order valence-corrected chi connectivity index (χ1v) is 10.3. The predicted molar refractivity (Wildman–Crippen MR) is 120 cm³/mol. The number of nitrogens with one attached hydrogen (secondary N) is 1. The first kappa shape index (κ1) is 22.3. The first-order chi connectivity index (χ1) is 16.0. The lowest BCUT2D eigenvalue weighted by Crippen LogP contribution is -2.31. The van der Waals surface area contributed by atoms with E-state index in [0.29, 0.717) is 53.6 Å². The van der Waals surface area contributed by atoms with Crippen LogP contribution < -0.4 is 9.47 Å². The highest BCUT2D eigenvalue weighted by Gasteiger charge is 2.43. The number of rotatable bonds is 9. The standard InChI is InChI=1S/C23H24N4O6/c1-31-12-4-11-26-22(17-10-9-16(32-2)13-18(17)33-3)19-20(24-25-21(19)23(26)28)14-5-7-15(8-6-14)27(29)30/h5-10,13,22H,4,11-12H2,1-3H3,(H,24,25). The molecule has 10 heteroatoms. The molecule has 0 aliphatic carbocycles. The fourth-order valence-electron chi connectivity index (χ4n) is 4.14. The number of hydrogen-bond donors (Lipinski definition) is 1. The van der Waals surface area contributed by atoms with Crippen molar-refractivity contribution in [2.24, 2.45) is 0 Å². The number of non-ortho nitro benzene ring substituents is 1. The third kappa shape index (κ3) is 4.00. The predicted octanol–water partition coefficient (Wildman–Crippen LogP) is 3.58. The minimum atomic E-state index is -0.464. The topological polar surface area (TPSA) is 120 Å². The molecule has 0 saturated heterocycles. The Balaban J connectivity index is 1.84. The SMILES string of the molecule is COCCCN1C(=O)c2[nH]nc(-c3ccc([N+](=O)[O-])cc3)c2C1c1ccc(OC)cc1OC. The van der Waals surface area contributed by atoms with Gasteiger partial charge in [0.1, 0.15) is 17.2 Å². The maximum Gasteiger partial charge on any atom is 0.273 e. The molecule has 1 unspecified atom stereocenters. The van der Waals surface area contributed by atoms with Crippen molar-refractivity contribution in [3.63, 3.8) is 0 Å². The van der Waals surface area contributed by atoms with Crippen molar-refractivity contribution in [2.75, 3.05) is 34.5 Å². The second kappa shape index (κ2) is 9.29. The molecule has 1 aliphatic rings. The number of carbonyl (C=O) groups excluding carboxylic acids is 1. The average Bonchev–Trinajstić information content (AvgIpc) is 3.38. The Kier molecular flexibility index (Phi) is 6.27. The lowest BCUT2D eigenvalue weighted by Gasteiger charge is -2.27. The fourth-order valence-corrected chi connectivity index (χ4v) is 4.14. The molecule has 0 bridgehead atoms. The summed E-state index contributed by atoms with van der Waals surface area (Å²) in [4.78, 5) is 25.7. The molecular weight excluding hydrogens is 428 g/mol. The van der Waals surface area contributed by atoms with Gasteiger partial charge in [0.05, 0.1) is 30.9 Å². The molecule has 1 N–H and O–H groups in total. The maximum absolute atomic E-state index is 13.3. The van der Waals surface area contributed by atoms with E-state index in [1.54, 1.807) is 44.4 Å². The quantitative estimate of drug-likeness (QED) is 0.299. The van der Waals surface area contributed by atoms with Gasteiger partial charge in [0.25, 0.3) is 11.6 Å². The number of methoxy groups -OCH3 is 3. The summed E-state index contributed by atoms with van der Waals surface area (Å²) < 4.78 is 16.2. The number of ether oxygens (including phenoxy) is 3. The summed E-state index contributed by atoms with van der Waals surface area (Å²) in [7, 11) is 4.76. The van der Waals surface area contributed by atoms with E-state index < -0.39 is 11.0 Å². The van der Waals surface area contributed by atoms with E-state index in [-0.39, 0.29) is 11.6 Å². The van der Waals surface area contributed by atoms with Crippen molar-refractivity contribution in [3.05, 3.63) is 69.4 Å². The molecule has 3 aromatic rings. The van der Waals surface area contributed by atoms with Gasteiger partial charge in [-0.3, -0.25) is 20.0 Å². The van der Waals surface area contributed by atoms with Crippen molar-refractivity contribution in [2.45, 2.75) is 12.5 Å². The van der Waals surface area contributed by atoms with Gasteiger partial charge in [0.15, 0.2) is 0 Å². The molecule has 1 amide bonds. The summed E-state index contributed by atoms with van der Waals surface area (Å²) in [5.41, 5.74) is 3.09. The molecule has 4 rings (SSSR count). The van der Waals surface area contributed by atoms with Crippen LogP contribution in [0.3, 0.4) is 0 Å². The summed E-state index contributed by atoms with van der Waals surface area (Å²) in [6.45, 7) is 0.979. The van der Waals surface area contributed by atoms with Crippen molar-refractivity contribution in [3.8, 4) is 22.8 Å². The molecule has 2 aromatic carbocycles. The number of benzene rings is 2. The summed E-state index contributed by atoms with van der Waals surface area (Å²) in [6, 6.07) is 11.1. The van der Waals surface area contributed by atoms with E-state index in [1.165, 1.54) is 12.1 Å². The van der Waals surface area contributed by atoms with Crippen molar-refractivity contribution in [1.29, 1.82) is 0 Å². The van der Waals surface area contributed by atoms with Gasteiger partial charge in [0.2, 0.25) is 0 Å². The minimum absolute atomic E-state index is 0.0171. The zero-order valence-electron chi connectivity index (χ0n) is 18.5. The molecule has 1 atom stereocenters. The lowest BCUT2D eigenvalue weighted by molar-refractivity contribution is -0.384. The Labute approximate surface area is 190 Å². The second-order valence-corrected chi connectivity index (χ2v) is 7.52. The van der Waals surface area contributed by atoms with E-state index in [4.69, 9.17) is 14.2 Å². The van der Waals surface area contributed by atoms with Gasteiger partial charge in [-0.25, -0.2) is 0 Å². The zero-order valence-corrected chi connectivity index (χ0v) is 18.5. The monoisotopic (exact) mass is 452 g/mol. The number of nitro groups is 1. The molecule has 1 aromatic heterocycles. The van der Waals surface area contributed by atoms with Crippen LogP contribution in [0.15, 0.2) is 42.5 Å². The van der Waals surface area contributed by atoms with Crippen molar-refractivity contribution < 1.29 is 23.9 Å². The lowest BCUT2D eigenvalue weighted by atomic mass is 9.95. The smallest absolute Gasteiger partial charge is 0.273 e. The van der Waals surface area contributed by atoms with Crippen LogP contribution in [0.25, 0.3) is 11.3 Å². The highest BCUT2D eigenvalue weighted by atomic mass is 16.6. The minimum Gasteiger partial charge on any atom is -0.497 e. The van der Waals surface area contributed by atoms with Crippen LogP contribution in [0, 0.1) is 10.1 Å². The Morgan fingerprint density at radius 2 is 1.88 bits per heavy atom. The van der Waals surface area contributed by atoms with Crippen LogP contribution in [-0.2, 0) is 4.74 Å². The maximum atomic E-state index is 13.3. The first-order valence-electron chi connectivity index (χ1n) is 10.3. The van der Waals surface area contributed by atoms with Gasteiger partial charge in [-0.1, -0.05) is 0 Å². The molecule has 1 aliphatic heterocycles. The molecule has 10 nitrogen and oxygen atoms in total.